The molecule has 2 aromatic carbocycles. The number of hydrogen-bond acceptors (Lipinski definition) is 4. The molecule has 7 nitrogen and oxygen atoms in total. The zero-order chi connectivity index (χ0) is 29.4. The number of aromatic nitrogens is 3. The van der Waals surface area contributed by atoms with Gasteiger partial charge in [0.1, 0.15) is 5.15 Å². The van der Waals surface area contributed by atoms with Gasteiger partial charge in [0, 0.05) is 43.3 Å². The van der Waals surface area contributed by atoms with Gasteiger partial charge in [-0.15, -0.1) is 0 Å². The van der Waals surface area contributed by atoms with Crippen molar-refractivity contribution in [3.05, 3.63) is 100 Å². The van der Waals surface area contributed by atoms with Crippen LogP contribution in [0.1, 0.15) is 70.4 Å². The van der Waals surface area contributed by atoms with Gasteiger partial charge in [0.15, 0.2) is 0 Å². The Kier molecular flexibility index (Phi) is 7.86. The molecule has 6 rings (SSSR count). The number of rotatable bonds is 6. The first-order valence-electron chi connectivity index (χ1n) is 14.7. The van der Waals surface area contributed by atoms with Gasteiger partial charge in [0.2, 0.25) is 0 Å². The van der Waals surface area contributed by atoms with Crippen LogP contribution in [0.25, 0.3) is 11.3 Å². The maximum absolute atomic E-state index is 14.1. The molecule has 4 aromatic rings. The maximum atomic E-state index is 14.1. The van der Waals surface area contributed by atoms with Crippen LogP contribution < -0.4 is 5.32 Å². The number of halogens is 1. The van der Waals surface area contributed by atoms with E-state index in [-0.39, 0.29) is 17.9 Å². The molecule has 1 N–H and O–H groups in total. The zero-order valence-electron chi connectivity index (χ0n) is 24.3. The smallest absolute Gasteiger partial charge is 0.257 e. The highest BCUT2D eigenvalue weighted by Gasteiger charge is 2.44. The molecule has 8 heteroatoms. The van der Waals surface area contributed by atoms with Crippen LogP contribution in [0.3, 0.4) is 0 Å². The van der Waals surface area contributed by atoms with Crippen LogP contribution in [0.15, 0.2) is 73.1 Å². The summed E-state index contributed by atoms with van der Waals surface area (Å²) in [4.78, 5) is 33.1. The topological polar surface area (TPSA) is 80.1 Å². The Morgan fingerprint density at radius 3 is 2.38 bits per heavy atom. The van der Waals surface area contributed by atoms with Crippen LogP contribution in [0.5, 0.6) is 0 Å². The fourth-order valence-corrected chi connectivity index (χ4v) is 6.81. The number of nitrogens with one attached hydrogen (secondary N) is 1. The molecule has 2 amide bonds. The van der Waals surface area contributed by atoms with Gasteiger partial charge in [-0.1, -0.05) is 55.3 Å². The molecular formula is C34H36ClN5O2. The number of aryl methyl sites for hydroxylation is 2. The van der Waals surface area contributed by atoms with Crippen LogP contribution in [0.4, 0.5) is 5.69 Å². The highest BCUT2D eigenvalue weighted by atomic mass is 35.5. The van der Waals surface area contributed by atoms with Crippen LogP contribution in [-0.2, 0) is 7.05 Å². The number of piperidine rings is 1. The van der Waals surface area contributed by atoms with Crippen molar-refractivity contribution in [3.63, 3.8) is 0 Å². The lowest BCUT2D eigenvalue weighted by Crippen LogP contribution is -2.55. The van der Waals surface area contributed by atoms with Gasteiger partial charge in [-0.3, -0.25) is 14.3 Å². The van der Waals surface area contributed by atoms with E-state index in [1.165, 1.54) is 18.2 Å². The van der Waals surface area contributed by atoms with E-state index in [0.717, 1.165) is 36.1 Å². The third-order valence-corrected chi connectivity index (χ3v) is 9.51. The highest BCUT2D eigenvalue weighted by molar-refractivity contribution is 6.29. The second kappa shape index (κ2) is 11.7. The van der Waals surface area contributed by atoms with Gasteiger partial charge in [-0.2, -0.15) is 5.10 Å². The summed E-state index contributed by atoms with van der Waals surface area (Å²) in [6.45, 7) is 4.96. The summed E-state index contributed by atoms with van der Waals surface area (Å²) in [6, 6.07) is 19.9. The fraction of sp³-hybridized carbons (Fsp3) is 0.353. The third-order valence-electron chi connectivity index (χ3n) is 9.29. The number of carbonyl (C=O) groups excluding carboxylic acids is 2. The lowest BCUT2D eigenvalue weighted by Gasteiger charge is -2.50. The van der Waals surface area contributed by atoms with E-state index in [4.69, 9.17) is 11.6 Å². The van der Waals surface area contributed by atoms with E-state index in [2.05, 4.69) is 51.5 Å². The average Bonchev–Trinajstić information content (AvgIpc) is 3.40. The van der Waals surface area contributed by atoms with Crippen molar-refractivity contribution in [1.82, 2.24) is 19.7 Å². The Morgan fingerprint density at radius 1 is 0.976 bits per heavy atom. The van der Waals surface area contributed by atoms with Crippen molar-refractivity contribution in [2.24, 2.45) is 18.9 Å². The van der Waals surface area contributed by atoms with Crippen LogP contribution in [0.2, 0.25) is 5.15 Å². The summed E-state index contributed by atoms with van der Waals surface area (Å²) >= 11 is 5.88. The minimum absolute atomic E-state index is 0.0346. The van der Waals surface area contributed by atoms with Crippen molar-refractivity contribution >= 4 is 29.1 Å². The number of carbonyl (C=O) groups is 2. The molecule has 0 spiro atoms. The molecule has 2 aromatic heterocycles. The summed E-state index contributed by atoms with van der Waals surface area (Å²) in [5.74, 6) is 0.983. The van der Waals surface area contributed by atoms with E-state index in [0.29, 0.717) is 46.3 Å². The van der Waals surface area contributed by atoms with Crippen molar-refractivity contribution in [1.29, 1.82) is 0 Å². The molecule has 42 heavy (non-hydrogen) atoms. The van der Waals surface area contributed by atoms with Gasteiger partial charge in [0.05, 0.1) is 11.3 Å². The van der Waals surface area contributed by atoms with Gasteiger partial charge < -0.3 is 10.2 Å². The number of likely N-dealkylation sites (tertiary alicyclic amines) is 1. The van der Waals surface area contributed by atoms with E-state index >= 15 is 0 Å². The fourth-order valence-electron chi connectivity index (χ4n) is 6.70. The monoisotopic (exact) mass is 581 g/mol. The predicted octanol–water partition coefficient (Wildman–Crippen LogP) is 7.13. The second-order valence-corrected chi connectivity index (χ2v) is 12.1. The van der Waals surface area contributed by atoms with Crippen LogP contribution in [0, 0.1) is 18.8 Å². The largest absolute Gasteiger partial charge is 0.335 e. The Balaban J connectivity index is 1.22. The van der Waals surface area contributed by atoms with Crippen LogP contribution in [-0.4, -0.2) is 44.1 Å². The lowest BCUT2D eigenvalue weighted by molar-refractivity contribution is 0.0144. The SMILES string of the molecule is Cc1ccc(C(=O)N2CC[C@H](c3ccc(-c4ccnn4C)cc3)[C@@H](C)C2C2CCC2)cc1NC(=O)c1ccc(Cl)nc1. The van der Waals surface area contributed by atoms with E-state index in [1.54, 1.807) is 12.1 Å². The second-order valence-electron chi connectivity index (χ2n) is 11.7. The molecule has 1 aliphatic heterocycles. The number of nitrogens with zero attached hydrogens (tertiary/aromatic N) is 4. The minimum Gasteiger partial charge on any atom is -0.335 e. The average molecular weight is 582 g/mol. The first kappa shape index (κ1) is 28.2. The summed E-state index contributed by atoms with van der Waals surface area (Å²) in [5, 5.41) is 7.59. The molecule has 1 aliphatic carbocycles. The molecule has 2 aliphatic rings. The lowest BCUT2D eigenvalue weighted by atomic mass is 9.67. The van der Waals surface area contributed by atoms with Crippen molar-refractivity contribution in [2.75, 3.05) is 11.9 Å². The Labute approximate surface area is 251 Å². The Hall–Kier alpha value is -3.97. The summed E-state index contributed by atoms with van der Waals surface area (Å²) in [6.07, 6.45) is 7.73. The molecule has 3 heterocycles. The molecule has 1 saturated heterocycles. The van der Waals surface area contributed by atoms with Crippen molar-refractivity contribution in [2.45, 2.75) is 51.5 Å². The first-order chi connectivity index (χ1) is 20.3. The normalized spacial score (nSPS) is 20.7. The maximum Gasteiger partial charge on any atom is 0.257 e. The van der Waals surface area contributed by atoms with Gasteiger partial charge in [0.25, 0.3) is 11.8 Å². The predicted molar refractivity (Wildman–Crippen MR) is 166 cm³/mol. The molecule has 2 fully saturated rings. The standard InChI is InChI=1S/C34H36ClN5O2/c1-21-7-8-26(19-29(21)38-33(41)27-13-14-31(35)36-20-27)34(42)40-18-16-28(22(2)32(40)25-5-4-6-25)23-9-11-24(12-10-23)30-15-17-37-39(30)3/h7-15,17,19-20,22,25,28,32H,4-6,16,18H2,1-3H3,(H,38,41)/t22-,28+,32?/m1/s1. The molecule has 1 unspecified atom stereocenters. The Bertz CT molecular complexity index is 1590. The van der Waals surface area contributed by atoms with Gasteiger partial charge in [-0.25, -0.2) is 4.98 Å². The van der Waals surface area contributed by atoms with E-state index in [9.17, 15) is 9.59 Å². The number of pyridine rings is 1. The summed E-state index contributed by atoms with van der Waals surface area (Å²) in [5.41, 5.74) is 6.11. The molecule has 0 bridgehead atoms. The number of anilines is 1. The third kappa shape index (κ3) is 5.45. The quantitative estimate of drug-likeness (QED) is 0.246. The van der Waals surface area contributed by atoms with Gasteiger partial charge >= 0.3 is 0 Å². The van der Waals surface area contributed by atoms with Crippen LogP contribution >= 0.6 is 11.6 Å². The summed E-state index contributed by atoms with van der Waals surface area (Å²) < 4.78 is 1.89. The highest BCUT2D eigenvalue weighted by Crippen LogP contribution is 2.45. The zero-order valence-corrected chi connectivity index (χ0v) is 25.0. The first-order valence-corrected chi connectivity index (χ1v) is 15.1. The molecule has 216 valence electrons. The molecular weight excluding hydrogens is 546 g/mol. The van der Waals surface area contributed by atoms with Gasteiger partial charge in [-0.05, 0) is 91.0 Å². The van der Waals surface area contributed by atoms with Crippen molar-refractivity contribution in [3.8, 4) is 11.3 Å². The molecule has 3 atom stereocenters. The van der Waals surface area contributed by atoms with Crippen molar-refractivity contribution < 1.29 is 9.59 Å². The van der Waals surface area contributed by atoms with E-state index < -0.39 is 0 Å². The summed E-state index contributed by atoms with van der Waals surface area (Å²) in [7, 11) is 1.96. The number of benzene rings is 2. The number of amides is 2. The minimum atomic E-state index is -0.289. The molecule has 1 saturated carbocycles. The molecule has 0 radical (unpaired) electrons. The number of hydrogen-bond donors (Lipinski definition) is 1. The van der Waals surface area contributed by atoms with E-state index in [1.807, 2.05) is 49.1 Å². The Morgan fingerprint density at radius 2 is 1.74 bits per heavy atom.